The number of anilines is 1. The Morgan fingerprint density at radius 3 is 2.55 bits per heavy atom. The van der Waals surface area contributed by atoms with Crippen LogP contribution in [-0.4, -0.2) is 40.6 Å². The zero-order chi connectivity index (χ0) is 15.5. The highest BCUT2D eigenvalue weighted by atomic mass is 32.1. The van der Waals surface area contributed by atoms with Crippen LogP contribution in [0, 0.1) is 5.92 Å². The number of urea groups is 1. The van der Waals surface area contributed by atoms with Gasteiger partial charge in [0.05, 0.1) is 11.6 Å². The average molecular weight is 299 g/mol. The zero-order valence-corrected chi connectivity index (χ0v) is 13.2. The number of nitrogens with zero attached hydrogens (tertiary/aromatic N) is 2. The Morgan fingerprint density at radius 1 is 1.50 bits per heavy atom. The monoisotopic (exact) mass is 299 g/mol. The molecule has 0 saturated heterocycles. The molecule has 0 fully saturated rings. The van der Waals surface area contributed by atoms with Gasteiger partial charge in [-0.25, -0.2) is 9.78 Å². The molecule has 0 aromatic carbocycles. The largest absolute Gasteiger partial charge is 0.481 e. The number of aromatic nitrogens is 1. The molecule has 1 unspecified atom stereocenters. The van der Waals surface area contributed by atoms with E-state index in [2.05, 4.69) is 10.3 Å². The molecule has 0 aliphatic carbocycles. The van der Waals surface area contributed by atoms with Crippen molar-refractivity contribution in [2.45, 2.75) is 33.1 Å². The van der Waals surface area contributed by atoms with Gasteiger partial charge in [-0.05, 0) is 0 Å². The summed E-state index contributed by atoms with van der Waals surface area (Å²) >= 11 is 1.36. The molecule has 20 heavy (non-hydrogen) atoms. The molecule has 1 aromatic heterocycles. The second-order valence-corrected chi connectivity index (χ2v) is 6.70. The minimum absolute atomic E-state index is 0.0663. The fraction of sp³-hybridized carbons (Fsp3) is 0.615. The van der Waals surface area contributed by atoms with E-state index in [1.165, 1.54) is 16.2 Å². The maximum atomic E-state index is 11.9. The van der Waals surface area contributed by atoms with E-state index in [-0.39, 0.29) is 18.0 Å². The summed E-state index contributed by atoms with van der Waals surface area (Å²) < 4.78 is 0. The maximum absolute atomic E-state index is 11.9. The third-order valence-corrected chi connectivity index (χ3v) is 3.56. The summed E-state index contributed by atoms with van der Waals surface area (Å²) in [5.41, 5.74) is 0.850. The first-order chi connectivity index (χ1) is 9.11. The van der Waals surface area contributed by atoms with Crippen LogP contribution < -0.4 is 5.32 Å². The Kier molecular flexibility index (Phi) is 5.10. The molecule has 1 heterocycles. The van der Waals surface area contributed by atoms with E-state index in [1.807, 2.05) is 26.2 Å². The normalized spacial score (nSPS) is 12.8. The van der Waals surface area contributed by atoms with E-state index in [4.69, 9.17) is 5.11 Å². The van der Waals surface area contributed by atoms with E-state index in [9.17, 15) is 9.59 Å². The highest BCUT2D eigenvalue weighted by Crippen LogP contribution is 2.26. The number of rotatable bonds is 4. The summed E-state index contributed by atoms with van der Waals surface area (Å²) in [5.74, 6) is -1.53. The predicted molar refractivity (Wildman–Crippen MR) is 79.3 cm³/mol. The summed E-state index contributed by atoms with van der Waals surface area (Å²) in [6.45, 7) is 7.86. The number of nitrogens with one attached hydrogen (secondary N) is 1. The summed E-state index contributed by atoms with van der Waals surface area (Å²) in [7, 11) is 1.56. The van der Waals surface area contributed by atoms with Gasteiger partial charge >= 0.3 is 12.0 Å². The van der Waals surface area contributed by atoms with Crippen LogP contribution in [0.1, 0.15) is 33.4 Å². The highest BCUT2D eigenvalue weighted by Gasteiger charge is 2.20. The van der Waals surface area contributed by atoms with Crippen LogP contribution in [0.2, 0.25) is 0 Å². The van der Waals surface area contributed by atoms with Crippen LogP contribution in [0.25, 0.3) is 0 Å². The van der Waals surface area contributed by atoms with E-state index >= 15 is 0 Å². The van der Waals surface area contributed by atoms with Crippen LogP contribution in [0.3, 0.4) is 0 Å². The second-order valence-electron chi connectivity index (χ2n) is 5.84. The van der Waals surface area contributed by atoms with Crippen molar-refractivity contribution >= 4 is 28.5 Å². The lowest BCUT2D eigenvalue weighted by Crippen LogP contribution is -2.36. The van der Waals surface area contributed by atoms with Gasteiger partial charge in [-0.1, -0.05) is 27.7 Å². The lowest BCUT2D eigenvalue weighted by atomic mass is 9.93. The van der Waals surface area contributed by atoms with E-state index in [1.54, 1.807) is 14.0 Å². The van der Waals surface area contributed by atoms with E-state index in [0.717, 1.165) is 5.69 Å². The summed E-state index contributed by atoms with van der Waals surface area (Å²) in [6, 6.07) is -0.354. The third kappa shape index (κ3) is 4.48. The number of hydrogen-bond acceptors (Lipinski definition) is 4. The van der Waals surface area contributed by atoms with E-state index in [0.29, 0.717) is 5.13 Å². The van der Waals surface area contributed by atoms with Crippen molar-refractivity contribution in [2.75, 3.05) is 18.9 Å². The van der Waals surface area contributed by atoms with Gasteiger partial charge in [0.1, 0.15) is 0 Å². The molecule has 0 radical (unpaired) electrons. The number of thiazole rings is 1. The second kappa shape index (κ2) is 6.21. The maximum Gasteiger partial charge on any atom is 0.323 e. The molecule has 0 spiro atoms. The molecule has 0 aliphatic heterocycles. The summed E-state index contributed by atoms with van der Waals surface area (Å²) in [4.78, 5) is 28.4. The molecule has 1 aromatic rings. The predicted octanol–water partition coefficient (Wildman–Crippen LogP) is 2.62. The molecule has 6 nitrogen and oxygen atoms in total. The fourth-order valence-corrected chi connectivity index (χ4v) is 2.36. The number of hydrogen-bond donors (Lipinski definition) is 2. The molecule has 112 valence electrons. The number of carboxylic acids is 1. The fourth-order valence-electron chi connectivity index (χ4n) is 1.43. The molecule has 0 saturated carbocycles. The first-order valence-corrected chi connectivity index (χ1v) is 7.20. The Balaban J connectivity index is 2.62. The lowest BCUT2D eigenvalue weighted by molar-refractivity contribution is -0.141. The first-order valence-electron chi connectivity index (χ1n) is 6.32. The lowest BCUT2D eigenvalue weighted by Gasteiger charge is -2.19. The van der Waals surface area contributed by atoms with Gasteiger partial charge in [-0.3, -0.25) is 10.1 Å². The molecule has 0 bridgehead atoms. The van der Waals surface area contributed by atoms with Crippen molar-refractivity contribution in [1.82, 2.24) is 9.88 Å². The smallest absolute Gasteiger partial charge is 0.323 e. The van der Waals surface area contributed by atoms with Gasteiger partial charge in [0.25, 0.3) is 0 Å². The van der Waals surface area contributed by atoms with Crippen molar-refractivity contribution in [3.05, 3.63) is 11.1 Å². The number of carboxylic acid groups (broad SMARTS) is 1. The van der Waals surface area contributed by atoms with Gasteiger partial charge in [0, 0.05) is 24.4 Å². The Morgan fingerprint density at radius 2 is 2.10 bits per heavy atom. The molecular formula is C13H21N3O3S. The number of amides is 2. The zero-order valence-electron chi connectivity index (χ0n) is 12.4. The van der Waals surface area contributed by atoms with Crippen molar-refractivity contribution in [3.8, 4) is 0 Å². The summed E-state index contributed by atoms with van der Waals surface area (Å²) in [6.07, 6.45) is 0. The van der Waals surface area contributed by atoms with Crippen LogP contribution in [0.4, 0.5) is 9.93 Å². The van der Waals surface area contributed by atoms with Crippen LogP contribution in [0.15, 0.2) is 5.38 Å². The van der Waals surface area contributed by atoms with Gasteiger partial charge in [0.2, 0.25) is 0 Å². The van der Waals surface area contributed by atoms with Crippen LogP contribution >= 0.6 is 11.3 Å². The van der Waals surface area contributed by atoms with Crippen molar-refractivity contribution in [3.63, 3.8) is 0 Å². The third-order valence-electron chi connectivity index (χ3n) is 2.80. The van der Waals surface area contributed by atoms with Crippen molar-refractivity contribution in [2.24, 2.45) is 5.92 Å². The summed E-state index contributed by atoms with van der Waals surface area (Å²) in [5, 5.41) is 13.9. The number of carbonyl (C=O) groups excluding carboxylic acids is 1. The quantitative estimate of drug-likeness (QED) is 0.895. The molecule has 7 heteroatoms. The minimum Gasteiger partial charge on any atom is -0.481 e. The SMILES string of the molecule is CC(CN(C)C(=O)Nc1nc(C(C)(C)C)cs1)C(=O)O. The molecule has 1 rings (SSSR count). The minimum atomic E-state index is -0.922. The standard InChI is InChI=1S/C13H21N3O3S/c1-8(10(17)18)6-16(5)12(19)15-11-14-9(7-20-11)13(2,3)4/h7-8H,6H2,1-5H3,(H,17,18)(H,14,15,19). The van der Waals surface area contributed by atoms with Crippen molar-refractivity contribution < 1.29 is 14.7 Å². The molecule has 1 atom stereocenters. The van der Waals surface area contributed by atoms with Crippen LogP contribution in [-0.2, 0) is 10.2 Å². The Hall–Kier alpha value is -1.63. The molecule has 0 aliphatic rings. The van der Waals surface area contributed by atoms with Gasteiger partial charge in [-0.15, -0.1) is 11.3 Å². The van der Waals surface area contributed by atoms with Crippen LogP contribution in [0.5, 0.6) is 0 Å². The molecular weight excluding hydrogens is 278 g/mol. The Labute approximate surface area is 122 Å². The Bertz CT molecular complexity index is 493. The van der Waals surface area contributed by atoms with Gasteiger partial charge < -0.3 is 10.0 Å². The average Bonchev–Trinajstić information content (AvgIpc) is 2.76. The van der Waals surface area contributed by atoms with Gasteiger partial charge in [0.15, 0.2) is 5.13 Å². The number of aliphatic carboxylic acids is 1. The number of carbonyl (C=O) groups is 2. The van der Waals surface area contributed by atoms with Gasteiger partial charge in [-0.2, -0.15) is 0 Å². The molecule has 2 amide bonds. The van der Waals surface area contributed by atoms with Crippen molar-refractivity contribution in [1.29, 1.82) is 0 Å². The van der Waals surface area contributed by atoms with E-state index < -0.39 is 11.9 Å². The topological polar surface area (TPSA) is 82.5 Å². The first kappa shape index (κ1) is 16.4. The molecule has 2 N–H and O–H groups in total. The highest BCUT2D eigenvalue weighted by molar-refractivity contribution is 7.13.